The standard InChI is InChI=1S/C11H22N2O3S/c1-8(11(15)16)4-3-6-13-10(14)9(12)5-7-17-2/h8-9H,3-7,12H2,1-2H3,(H,13,14)(H,15,16)/t8?,9-/m0/s1. The molecule has 0 saturated heterocycles. The number of rotatable bonds is 9. The Labute approximate surface area is 107 Å². The van der Waals surface area contributed by atoms with Gasteiger partial charge in [0.25, 0.3) is 0 Å². The van der Waals surface area contributed by atoms with E-state index in [1.165, 1.54) is 0 Å². The summed E-state index contributed by atoms with van der Waals surface area (Å²) in [6.45, 7) is 2.15. The molecule has 0 fully saturated rings. The summed E-state index contributed by atoms with van der Waals surface area (Å²) >= 11 is 1.66. The lowest BCUT2D eigenvalue weighted by molar-refractivity contribution is -0.141. The second-order valence-corrected chi connectivity index (χ2v) is 5.05. The molecule has 0 heterocycles. The van der Waals surface area contributed by atoms with Gasteiger partial charge in [-0.1, -0.05) is 6.92 Å². The molecule has 0 saturated carbocycles. The van der Waals surface area contributed by atoms with Crippen molar-refractivity contribution >= 4 is 23.6 Å². The molecule has 0 radical (unpaired) electrons. The van der Waals surface area contributed by atoms with E-state index in [9.17, 15) is 9.59 Å². The van der Waals surface area contributed by atoms with Gasteiger partial charge in [0.2, 0.25) is 5.91 Å². The SMILES string of the molecule is CSCC[C@H](N)C(=O)NCCCC(C)C(=O)O. The van der Waals surface area contributed by atoms with Gasteiger partial charge in [-0.25, -0.2) is 0 Å². The van der Waals surface area contributed by atoms with Crippen molar-refractivity contribution in [2.75, 3.05) is 18.6 Å². The maximum absolute atomic E-state index is 11.5. The van der Waals surface area contributed by atoms with E-state index in [0.717, 1.165) is 5.75 Å². The molecular weight excluding hydrogens is 240 g/mol. The molecular formula is C11H22N2O3S. The monoisotopic (exact) mass is 262 g/mol. The Morgan fingerprint density at radius 3 is 2.59 bits per heavy atom. The van der Waals surface area contributed by atoms with Crippen molar-refractivity contribution in [1.29, 1.82) is 0 Å². The van der Waals surface area contributed by atoms with Gasteiger partial charge < -0.3 is 16.2 Å². The third kappa shape index (κ3) is 8.04. The highest BCUT2D eigenvalue weighted by Crippen LogP contribution is 2.04. The summed E-state index contributed by atoms with van der Waals surface area (Å²) < 4.78 is 0. The third-order valence-electron chi connectivity index (χ3n) is 2.50. The lowest BCUT2D eigenvalue weighted by Crippen LogP contribution is -2.41. The van der Waals surface area contributed by atoms with E-state index < -0.39 is 12.0 Å². The summed E-state index contributed by atoms with van der Waals surface area (Å²) in [7, 11) is 0. The Kier molecular flexibility index (Phi) is 8.89. The smallest absolute Gasteiger partial charge is 0.306 e. The second-order valence-electron chi connectivity index (χ2n) is 4.06. The molecule has 1 unspecified atom stereocenters. The fourth-order valence-electron chi connectivity index (χ4n) is 1.25. The topological polar surface area (TPSA) is 92.4 Å². The zero-order valence-corrected chi connectivity index (χ0v) is 11.3. The first-order valence-electron chi connectivity index (χ1n) is 5.74. The van der Waals surface area contributed by atoms with E-state index in [1.54, 1.807) is 18.7 Å². The number of hydrogen-bond donors (Lipinski definition) is 3. The predicted octanol–water partition coefficient (Wildman–Crippen LogP) is 0.684. The van der Waals surface area contributed by atoms with Crippen LogP contribution in [0.2, 0.25) is 0 Å². The Morgan fingerprint density at radius 2 is 2.06 bits per heavy atom. The maximum atomic E-state index is 11.5. The summed E-state index contributed by atoms with van der Waals surface area (Å²) in [5.74, 6) is -0.447. The van der Waals surface area contributed by atoms with Gasteiger partial charge in [-0.3, -0.25) is 9.59 Å². The summed E-state index contributed by atoms with van der Waals surface area (Å²) in [5, 5.41) is 11.4. The van der Waals surface area contributed by atoms with Crippen LogP contribution in [0, 0.1) is 5.92 Å². The molecule has 5 nitrogen and oxygen atoms in total. The number of carboxylic acids is 1. The Morgan fingerprint density at radius 1 is 1.41 bits per heavy atom. The highest BCUT2D eigenvalue weighted by atomic mass is 32.2. The number of thioether (sulfide) groups is 1. The largest absolute Gasteiger partial charge is 0.481 e. The first-order chi connectivity index (χ1) is 7.99. The minimum atomic E-state index is -0.798. The average Bonchev–Trinajstić information content (AvgIpc) is 2.30. The van der Waals surface area contributed by atoms with Gasteiger partial charge >= 0.3 is 5.97 Å². The van der Waals surface area contributed by atoms with Gasteiger partial charge in [0.05, 0.1) is 12.0 Å². The second kappa shape index (κ2) is 9.30. The van der Waals surface area contributed by atoms with Gasteiger partial charge in [-0.15, -0.1) is 0 Å². The fourth-order valence-corrected chi connectivity index (χ4v) is 1.74. The van der Waals surface area contributed by atoms with Gasteiger partial charge in [0.15, 0.2) is 0 Å². The number of amides is 1. The van der Waals surface area contributed by atoms with Gasteiger partial charge in [-0.05, 0) is 31.3 Å². The Balaban J connectivity index is 3.60. The molecule has 17 heavy (non-hydrogen) atoms. The highest BCUT2D eigenvalue weighted by Gasteiger charge is 2.13. The van der Waals surface area contributed by atoms with Crippen LogP contribution in [0.3, 0.4) is 0 Å². The zero-order valence-electron chi connectivity index (χ0n) is 10.4. The van der Waals surface area contributed by atoms with E-state index >= 15 is 0 Å². The first kappa shape index (κ1) is 16.2. The average molecular weight is 262 g/mol. The van der Waals surface area contributed by atoms with Crippen LogP contribution in [0.1, 0.15) is 26.2 Å². The quantitative estimate of drug-likeness (QED) is 0.531. The number of nitrogens with two attached hydrogens (primary N) is 1. The first-order valence-corrected chi connectivity index (χ1v) is 7.13. The lowest BCUT2D eigenvalue weighted by atomic mass is 10.1. The van der Waals surface area contributed by atoms with E-state index in [0.29, 0.717) is 25.8 Å². The van der Waals surface area contributed by atoms with Crippen molar-refractivity contribution in [3.63, 3.8) is 0 Å². The maximum Gasteiger partial charge on any atom is 0.306 e. The summed E-state index contributed by atoms with van der Waals surface area (Å²) in [5.41, 5.74) is 5.67. The van der Waals surface area contributed by atoms with Crippen LogP contribution in [-0.2, 0) is 9.59 Å². The number of carbonyl (C=O) groups is 2. The van der Waals surface area contributed by atoms with Gasteiger partial charge in [0, 0.05) is 6.54 Å². The van der Waals surface area contributed by atoms with Crippen LogP contribution < -0.4 is 11.1 Å². The van der Waals surface area contributed by atoms with Gasteiger partial charge in [0.1, 0.15) is 0 Å². The van der Waals surface area contributed by atoms with Crippen molar-refractivity contribution in [3.8, 4) is 0 Å². The zero-order chi connectivity index (χ0) is 13.3. The molecule has 1 amide bonds. The molecule has 0 aliphatic heterocycles. The van der Waals surface area contributed by atoms with Crippen molar-refractivity contribution in [1.82, 2.24) is 5.32 Å². The normalized spacial score (nSPS) is 14.1. The molecule has 2 atom stereocenters. The molecule has 4 N–H and O–H groups in total. The lowest BCUT2D eigenvalue weighted by Gasteiger charge is -2.12. The summed E-state index contributed by atoms with van der Waals surface area (Å²) in [4.78, 5) is 22.0. The van der Waals surface area contributed by atoms with Crippen molar-refractivity contribution < 1.29 is 14.7 Å². The minimum Gasteiger partial charge on any atom is -0.481 e. The highest BCUT2D eigenvalue weighted by molar-refractivity contribution is 7.98. The molecule has 0 aliphatic rings. The molecule has 0 rings (SSSR count). The number of carboxylic acid groups (broad SMARTS) is 1. The van der Waals surface area contributed by atoms with E-state index in [1.807, 2.05) is 6.26 Å². The number of hydrogen-bond acceptors (Lipinski definition) is 4. The molecule has 0 aliphatic carbocycles. The Bertz CT molecular complexity index is 249. The van der Waals surface area contributed by atoms with Crippen LogP contribution in [0.5, 0.6) is 0 Å². The number of aliphatic carboxylic acids is 1. The van der Waals surface area contributed by atoms with Crippen LogP contribution in [0.4, 0.5) is 0 Å². The number of carbonyl (C=O) groups excluding carboxylic acids is 1. The molecule has 0 bridgehead atoms. The van der Waals surface area contributed by atoms with E-state index in [4.69, 9.17) is 10.8 Å². The van der Waals surface area contributed by atoms with Crippen molar-refractivity contribution in [2.45, 2.75) is 32.2 Å². The molecule has 0 aromatic rings. The van der Waals surface area contributed by atoms with Crippen molar-refractivity contribution in [2.24, 2.45) is 11.7 Å². The molecule has 6 heteroatoms. The van der Waals surface area contributed by atoms with Gasteiger partial charge in [-0.2, -0.15) is 11.8 Å². The van der Waals surface area contributed by atoms with Crippen molar-refractivity contribution in [3.05, 3.63) is 0 Å². The fraction of sp³-hybridized carbons (Fsp3) is 0.818. The van der Waals surface area contributed by atoms with E-state index in [-0.39, 0.29) is 11.8 Å². The minimum absolute atomic E-state index is 0.151. The van der Waals surface area contributed by atoms with Crippen LogP contribution in [0.25, 0.3) is 0 Å². The van der Waals surface area contributed by atoms with Crippen LogP contribution in [0.15, 0.2) is 0 Å². The predicted molar refractivity (Wildman–Crippen MR) is 70.0 cm³/mol. The molecule has 0 aromatic carbocycles. The third-order valence-corrected chi connectivity index (χ3v) is 3.15. The molecule has 0 spiro atoms. The molecule has 100 valence electrons. The van der Waals surface area contributed by atoms with E-state index in [2.05, 4.69) is 5.32 Å². The Hall–Kier alpha value is -0.750. The molecule has 0 aromatic heterocycles. The van der Waals surface area contributed by atoms with Crippen LogP contribution >= 0.6 is 11.8 Å². The summed E-state index contributed by atoms with van der Waals surface area (Å²) in [6, 6.07) is -0.459. The van der Waals surface area contributed by atoms with Crippen LogP contribution in [-0.4, -0.2) is 41.6 Å². The number of nitrogens with one attached hydrogen (secondary N) is 1. The summed E-state index contributed by atoms with van der Waals surface area (Å²) in [6.07, 6.45) is 3.86.